The largest absolute Gasteiger partial charge is 0.349 e. The number of aromatic nitrogens is 4. The van der Waals surface area contributed by atoms with Crippen LogP contribution in [0.1, 0.15) is 29.8 Å². The van der Waals surface area contributed by atoms with Crippen molar-refractivity contribution in [3.8, 4) is 5.69 Å². The molecule has 1 aromatic carbocycles. The van der Waals surface area contributed by atoms with Crippen LogP contribution in [-0.2, 0) is 4.79 Å². The summed E-state index contributed by atoms with van der Waals surface area (Å²) >= 11 is 1.32. The van der Waals surface area contributed by atoms with Crippen molar-refractivity contribution in [3.63, 3.8) is 0 Å². The molecule has 3 rings (SSSR count). The van der Waals surface area contributed by atoms with Gasteiger partial charge in [0.25, 0.3) is 0 Å². The Kier molecular flexibility index (Phi) is 5.68. The van der Waals surface area contributed by atoms with Gasteiger partial charge < -0.3 is 5.32 Å². The maximum absolute atomic E-state index is 12.2. The predicted octanol–water partition coefficient (Wildman–Crippen LogP) is 3.25. The molecule has 0 fully saturated rings. The molecule has 0 saturated heterocycles. The van der Waals surface area contributed by atoms with E-state index in [9.17, 15) is 4.79 Å². The number of aryl methyl sites for hydroxylation is 1. The second kappa shape index (κ2) is 8.14. The molecule has 0 spiro atoms. The van der Waals surface area contributed by atoms with Gasteiger partial charge in [0.1, 0.15) is 0 Å². The summed E-state index contributed by atoms with van der Waals surface area (Å²) in [6.45, 7) is 6.04. The molecule has 0 aliphatic rings. The van der Waals surface area contributed by atoms with E-state index in [1.54, 1.807) is 18.5 Å². The van der Waals surface area contributed by atoms with Crippen molar-refractivity contribution < 1.29 is 4.79 Å². The van der Waals surface area contributed by atoms with E-state index >= 15 is 0 Å². The van der Waals surface area contributed by atoms with Gasteiger partial charge in [0, 0.05) is 23.7 Å². The second-order valence-electron chi connectivity index (χ2n) is 5.99. The van der Waals surface area contributed by atoms with E-state index in [0.29, 0.717) is 5.16 Å². The molecule has 1 amide bonds. The first-order valence-electron chi connectivity index (χ1n) is 8.36. The SMILES string of the molecule is Cc1ccccc1-n1ncc(C(C)NC(=O)CSc2ncccn2)c1C. The molecule has 0 radical (unpaired) electrons. The second-order valence-corrected chi connectivity index (χ2v) is 6.94. The Labute approximate surface area is 157 Å². The van der Waals surface area contributed by atoms with Crippen molar-refractivity contribution in [1.29, 1.82) is 0 Å². The van der Waals surface area contributed by atoms with Crippen LogP contribution in [0.15, 0.2) is 54.1 Å². The van der Waals surface area contributed by atoms with Crippen molar-refractivity contribution in [1.82, 2.24) is 25.1 Å². The van der Waals surface area contributed by atoms with Crippen LogP contribution in [0.25, 0.3) is 5.69 Å². The quantitative estimate of drug-likeness (QED) is 0.535. The number of hydrogen-bond acceptors (Lipinski definition) is 5. The molecule has 0 aliphatic heterocycles. The van der Waals surface area contributed by atoms with Gasteiger partial charge in [0.2, 0.25) is 5.91 Å². The van der Waals surface area contributed by atoms with Gasteiger partial charge in [-0.2, -0.15) is 5.10 Å². The van der Waals surface area contributed by atoms with Crippen molar-refractivity contribution in [2.24, 2.45) is 0 Å². The molecule has 1 unspecified atom stereocenters. The molecule has 26 heavy (non-hydrogen) atoms. The lowest BCUT2D eigenvalue weighted by atomic mass is 10.1. The highest BCUT2D eigenvalue weighted by Gasteiger charge is 2.17. The monoisotopic (exact) mass is 367 g/mol. The third-order valence-corrected chi connectivity index (χ3v) is 4.99. The first-order chi connectivity index (χ1) is 12.6. The summed E-state index contributed by atoms with van der Waals surface area (Å²) in [5, 5.41) is 8.12. The van der Waals surface area contributed by atoms with Crippen molar-refractivity contribution in [2.75, 3.05) is 5.75 Å². The molecule has 2 heterocycles. The number of rotatable bonds is 6. The van der Waals surface area contributed by atoms with E-state index in [2.05, 4.69) is 33.4 Å². The van der Waals surface area contributed by atoms with Crippen LogP contribution in [0.3, 0.4) is 0 Å². The standard InChI is InChI=1S/C19H21N5OS/c1-13-7-4-5-8-17(13)24-15(3)16(11-22-24)14(2)23-18(25)12-26-19-20-9-6-10-21-19/h4-11,14H,12H2,1-3H3,(H,23,25). The lowest BCUT2D eigenvalue weighted by Gasteiger charge is -2.14. The van der Waals surface area contributed by atoms with E-state index in [-0.39, 0.29) is 17.7 Å². The van der Waals surface area contributed by atoms with Gasteiger partial charge in [-0.25, -0.2) is 14.6 Å². The fourth-order valence-corrected chi connectivity index (χ4v) is 3.36. The zero-order valence-corrected chi connectivity index (χ0v) is 15.8. The zero-order chi connectivity index (χ0) is 18.5. The van der Waals surface area contributed by atoms with Gasteiger partial charge in [-0.15, -0.1) is 0 Å². The van der Waals surface area contributed by atoms with Crippen molar-refractivity contribution in [3.05, 3.63) is 65.7 Å². The lowest BCUT2D eigenvalue weighted by Crippen LogP contribution is -2.28. The number of carbonyl (C=O) groups is 1. The lowest BCUT2D eigenvalue weighted by molar-refractivity contribution is -0.119. The van der Waals surface area contributed by atoms with E-state index in [1.165, 1.54) is 11.8 Å². The third kappa shape index (κ3) is 4.11. The zero-order valence-electron chi connectivity index (χ0n) is 15.0. The number of nitrogens with zero attached hydrogens (tertiary/aromatic N) is 4. The minimum absolute atomic E-state index is 0.0574. The van der Waals surface area contributed by atoms with Gasteiger partial charge in [0.05, 0.1) is 23.7 Å². The van der Waals surface area contributed by atoms with Crippen LogP contribution in [0, 0.1) is 13.8 Å². The van der Waals surface area contributed by atoms with Crippen LogP contribution in [0.4, 0.5) is 0 Å². The topological polar surface area (TPSA) is 72.7 Å². The summed E-state index contributed by atoms with van der Waals surface area (Å²) in [5.74, 6) is 0.220. The molecule has 1 N–H and O–H groups in total. The molecular formula is C19H21N5OS. The highest BCUT2D eigenvalue weighted by atomic mass is 32.2. The predicted molar refractivity (Wildman–Crippen MR) is 102 cm³/mol. The van der Waals surface area contributed by atoms with E-state index in [0.717, 1.165) is 22.5 Å². The van der Waals surface area contributed by atoms with Gasteiger partial charge in [0.15, 0.2) is 5.16 Å². The number of hydrogen-bond donors (Lipinski definition) is 1. The first kappa shape index (κ1) is 18.1. The number of benzene rings is 1. The molecule has 134 valence electrons. The van der Waals surface area contributed by atoms with Crippen LogP contribution < -0.4 is 5.32 Å². The highest BCUT2D eigenvalue weighted by Crippen LogP contribution is 2.22. The van der Waals surface area contributed by atoms with Crippen molar-refractivity contribution in [2.45, 2.75) is 32.0 Å². The Hall–Kier alpha value is -2.67. The first-order valence-corrected chi connectivity index (χ1v) is 9.34. The molecule has 6 nitrogen and oxygen atoms in total. The van der Waals surface area contributed by atoms with E-state index in [4.69, 9.17) is 0 Å². The number of carbonyl (C=O) groups excluding carboxylic acids is 1. The van der Waals surface area contributed by atoms with Crippen molar-refractivity contribution >= 4 is 17.7 Å². The third-order valence-electron chi connectivity index (χ3n) is 4.11. The molecule has 2 aromatic heterocycles. The number of amides is 1. The summed E-state index contributed by atoms with van der Waals surface area (Å²) in [5.41, 5.74) is 4.22. The summed E-state index contributed by atoms with van der Waals surface area (Å²) in [6.07, 6.45) is 5.15. The fraction of sp³-hybridized carbons (Fsp3) is 0.263. The Balaban J connectivity index is 1.66. The Bertz CT molecular complexity index is 894. The van der Waals surface area contributed by atoms with Crippen LogP contribution in [-0.4, -0.2) is 31.4 Å². The molecule has 7 heteroatoms. The summed E-state index contributed by atoms with van der Waals surface area (Å²) in [7, 11) is 0. The smallest absolute Gasteiger partial charge is 0.230 e. The molecule has 0 bridgehead atoms. The van der Waals surface area contributed by atoms with Gasteiger partial charge in [-0.05, 0) is 38.5 Å². The van der Waals surface area contributed by atoms with Crippen LogP contribution in [0.2, 0.25) is 0 Å². The highest BCUT2D eigenvalue weighted by molar-refractivity contribution is 7.99. The minimum atomic E-state index is -0.127. The maximum atomic E-state index is 12.2. The average molecular weight is 367 g/mol. The molecule has 0 aliphatic carbocycles. The number of thioether (sulfide) groups is 1. The molecular weight excluding hydrogens is 346 g/mol. The molecule has 3 aromatic rings. The number of para-hydroxylation sites is 1. The maximum Gasteiger partial charge on any atom is 0.230 e. The van der Waals surface area contributed by atoms with Gasteiger partial charge in [-0.3, -0.25) is 4.79 Å². The average Bonchev–Trinajstić information content (AvgIpc) is 3.03. The minimum Gasteiger partial charge on any atom is -0.349 e. The normalized spacial score (nSPS) is 12.0. The van der Waals surface area contributed by atoms with Gasteiger partial charge >= 0.3 is 0 Å². The van der Waals surface area contributed by atoms with Gasteiger partial charge in [-0.1, -0.05) is 30.0 Å². The van der Waals surface area contributed by atoms with E-state index in [1.807, 2.05) is 42.9 Å². The molecule has 0 saturated carbocycles. The molecule has 1 atom stereocenters. The van der Waals surface area contributed by atoms with Crippen LogP contribution >= 0.6 is 11.8 Å². The van der Waals surface area contributed by atoms with E-state index < -0.39 is 0 Å². The fourth-order valence-electron chi connectivity index (χ4n) is 2.74. The van der Waals surface area contributed by atoms with Crippen LogP contribution in [0.5, 0.6) is 0 Å². The number of nitrogens with one attached hydrogen (secondary N) is 1. The summed E-state index contributed by atoms with van der Waals surface area (Å²) < 4.78 is 1.92. The Morgan fingerprint density at radius 1 is 1.19 bits per heavy atom. The Morgan fingerprint density at radius 3 is 2.65 bits per heavy atom. The summed E-state index contributed by atoms with van der Waals surface area (Å²) in [4.78, 5) is 20.4. The summed E-state index contributed by atoms with van der Waals surface area (Å²) in [6, 6.07) is 9.73. The Morgan fingerprint density at radius 2 is 1.92 bits per heavy atom.